The van der Waals surface area contributed by atoms with Gasteiger partial charge in [0.25, 0.3) is 0 Å². The molecule has 1 aromatic carbocycles. The van der Waals surface area contributed by atoms with E-state index < -0.39 is 0 Å². The Labute approximate surface area is 95.8 Å². The van der Waals surface area contributed by atoms with Crippen molar-refractivity contribution in [1.29, 1.82) is 0 Å². The van der Waals surface area contributed by atoms with E-state index in [0.717, 1.165) is 21.2 Å². The maximum Gasteiger partial charge on any atom is 0.194 e. The molecule has 2 heterocycles. The fourth-order valence-corrected chi connectivity index (χ4v) is 2.54. The van der Waals surface area contributed by atoms with Crippen molar-refractivity contribution in [2.24, 2.45) is 0 Å². The highest BCUT2D eigenvalue weighted by Crippen LogP contribution is 2.26. The highest BCUT2D eigenvalue weighted by atomic mass is 35.5. The van der Waals surface area contributed by atoms with Gasteiger partial charge in [-0.1, -0.05) is 23.7 Å². The number of benzene rings is 1. The molecule has 0 aliphatic rings. The number of thiazole rings is 1. The van der Waals surface area contributed by atoms with Gasteiger partial charge in [0.1, 0.15) is 0 Å². The van der Waals surface area contributed by atoms with Crippen molar-refractivity contribution in [2.45, 2.75) is 0 Å². The van der Waals surface area contributed by atoms with Gasteiger partial charge < -0.3 is 0 Å². The third-order valence-corrected chi connectivity index (χ3v) is 3.39. The molecule has 0 N–H and O–H groups in total. The lowest BCUT2D eigenvalue weighted by atomic mass is 10.2. The Morgan fingerprint density at radius 1 is 1.20 bits per heavy atom. The molecule has 0 spiro atoms. The summed E-state index contributed by atoms with van der Waals surface area (Å²) < 4.78 is 2.08. The molecule has 3 aromatic rings. The van der Waals surface area contributed by atoms with Crippen molar-refractivity contribution < 1.29 is 0 Å². The van der Waals surface area contributed by atoms with Gasteiger partial charge in [0, 0.05) is 22.8 Å². The molecule has 0 radical (unpaired) electrons. The predicted octanol–water partition coefficient (Wildman–Crippen LogP) is 3.72. The lowest BCUT2D eigenvalue weighted by Crippen LogP contribution is -1.82. The van der Waals surface area contributed by atoms with Crippen LogP contribution in [0.2, 0.25) is 5.02 Å². The molecule has 15 heavy (non-hydrogen) atoms. The molecular formula is C11H7ClN2S. The van der Waals surface area contributed by atoms with Gasteiger partial charge in [0.05, 0.1) is 5.69 Å². The van der Waals surface area contributed by atoms with Crippen molar-refractivity contribution in [3.05, 3.63) is 47.1 Å². The molecule has 0 bridgehead atoms. The van der Waals surface area contributed by atoms with E-state index in [2.05, 4.69) is 14.8 Å². The van der Waals surface area contributed by atoms with Crippen LogP contribution >= 0.6 is 22.9 Å². The highest BCUT2D eigenvalue weighted by Gasteiger charge is 2.05. The van der Waals surface area contributed by atoms with E-state index in [0.29, 0.717) is 0 Å². The van der Waals surface area contributed by atoms with Gasteiger partial charge in [-0.25, -0.2) is 4.98 Å². The van der Waals surface area contributed by atoms with Gasteiger partial charge in [0.2, 0.25) is 0 Å². The summed E-state index contributed by atoms with van der Waals surface area (Å²) >= 11 is 7.49. The first kappa shape index (κ1) is 8.95. The summed E-state index contributed by atoms with van der Waals surface area (Å²) in [5.41, 5.74) is 2.31. The standard InChI is InChI=1S/C11H7ClN2S/c12-9-3-1-8(2-4-9)10-7-15-11-13-5-6-14(10)11/h1-7H. The Morgan fingerprint density at radius 2 is 2.00 bits per heavy atom. The van der Waals surface area contributed by atoms with E-state index >= 15 is 0 Å². The molecule has 0 atom stereocenters. The zero-order valence-electron chi connectivity index (χ0n) is 7.72. The smallest absolute Gasteiger partial charge is 0.194 e. The minimum Gasteiger partial charge on any atom is -0.290 e. The molecule has 3 rings (SSSR count). The Morgan fingerprint density at radius 3 is 2.80 bits per heavy atom. The average molecular weight is 235 g/mol. The zero-order valence-corrected chi connectivity index (χ0v) is 9.29. The largest absolute Gasteiger partial charge is 0.290 e. The summed E-state index contributed by atoms with van der Waals surface area (Å²) in [6.07, 6.45) is 3.78. The third-order valence-electron chi connectivity index (χ3n) is 2.28. The fraction of sp³-hybridized carbons (Fsp3) is 0. The summed E-state index contributed by atoms with van der Waals surface area (Å²) in [7, 11) is 0. The number of hydrogen-bond donors (Lipinski definition) is 0. The van der Waals surface area contributed by atoms with E-state index in [1.54, 1.807) is 11.3 Å². The third kappa shape index (κ3) is 1.44. The van der Waals surface area contributed by atoms with Crippen molar-refractivity contribution in [2.75, 3.05) is 0 Å². The minimum atomic E-state index is 0.760. The minimum absolute atomic E-state index is 0.760. The second-order valence-electron chi connectivity index (χ2n) is 3.21. The van der Waals surface area contributed by atoms with Crippen molar-refractivity contribution >= 4 is 27.9 Å². The summed E-state index contributed by atoms with van der Waals surface area (Å²) in [6, 6.07) is 7.84. The summed E-state index contributed by atoms with van der Waals surface area (Å²) in [4.78, 5) is 5.25. The van der Waals surface area contributed by atoms with Gasteiger partial charge in [-0.3, -0.25) is 4.40 Å². The SMILES string of the molecule is Clc1ccc(-c2csc3nccn23)cc1. The summed E-state index contributed by atoms with van der Waals surface area (Å²) in [5, 5.41) is 2.86. The molecule has 0 saturated carbocycles. The monoisotopic (exact) mass is 234 g/mol. The Bertz CT molecular complexity index is 594. The molecule has 74 valence electrons. The first-order valence-electron chi connectivity index (χ1n) is 4.51. The average Bonchev–Trinajstić information content (AvgIpc) is 2.80. The Kier molecular flexibility index (Phi) is 2.01. The number of fused-ring (bicyclic) bond motifs is 1. The van der Waals surface area contributed by atoms with Crippen LogP contribution in [0.4, 0.5) is 0 Å². The Hall–Kier alpha value is -1.32. The van der Waals surface area contributed by atoms with E-state index in [1.165, 1.54) is 0 Å². The Balaban J connectivity index is 2.21. The topological polar surface area (TPSA) is 17.3 Å². The molecule has 2 aromatic heterocycles. The zero-order chi connectivity index (χ0) is 10.3. The van der Waals surface area contributed by atoms with Crippen LogP contribution in [-0.2, 0) is 0 Å². The number of nitrogens with zero attached hydrogens (tertiary/aromatic N) is 2. The van der Waals surface area contributed by atoms with Gasteiger partial charge >= 0.3 is 0 Å². The van der Waals surface area contributed by atoms with Crippen LogP contribution in [0.3, 0.4) is 0 Å². The highest BCUT2D eigenvalue weighted by molar-refractivity contribution is 7.15. The number of hydrogen-bond acceptors (Lipinski definition) is 2. The maximum absolute atomic E-state index is 5.85. The van der Waals surface area contributed by atoms with Crippen LogP contribution in [0, 0.1) is 0 Å². The molecular weight excluding hydrogens is 228 g/mol. The van der Waals surface area contributed by atoms with Crippen LogP contribution in [0.5, 0.6) is 0 Å². The molecule has 2 nitrogen and oxygen atoms in total. The van der Waals surface area contributed by atoms with Crippen LogP contribution in [0.15, 0.2) is 42.0 Å². The van der Waals surface area contributed by atoms with Gasteiger partial charge in [-0.2, -0.15) is 0 Å². The number of aromatic nitrogens is 2. The first-order valence-corrected chi connectivity index (χ1v) is 5.77. The molecule has 0 fully saturated rings. The molecule has 0 aliphatic carbocycles. The van der Waals surface area contributed by atoms with Crippen LogP contribution in [0.1, 0.15) is 0 Å². The summed E-state index contributed by atoms with van der Waals surface area (Å²) in [6.45, 7) is 0. The van der Waals surface area contributed by atoms with Gasteiger partial charge in [-0.15, -0.1) is 11.3 Å². The second kappa shape index (κ2) is 3.36. The number of imidazole rings is 1. The second-order valence-corrected chi connectivity index (χ2v) is 4.48. The van der Waals surface area contributed by atoms with Crippen LogP contribution < -0.4 is 0 Å². The number of rotatable bonds is 1. The van der Waals surface area contributed by atoms with Crippen LogP contribution in [-0.4, -0.2) is 9.38 Å². The van der Waals surface area contributed by atoms with E-state index in [-0.39, 0.29) is 0 Å². The summed E-state index contributed by atoms with van der Waals surface area (Å²) in [5.74, 6) is 0. The van der Waals surface area contributed by atoms with E-state index in [1.807, 2.05) is 36.7 Å². The number of halogens is 1. The molecule has 0 saturated heterocycles. The molecule has 4 heteroatoms. The van der Waals surface area contributed by atoms with Crippen molar-refractivity contribution in [1.82, 2.24) is 9.38 Å². The maximum atomic E-state index is 5.85. The molecule has 0 unspecified atom stereocenters. The quantitative estimate of drug-likeness (QED) is 0.627. The van der Waals surface area contributed by atoms with Crippen LogP contribution in [0.25, 0.3) is 16.2 Å². The lowest BCUT2D eigenvalue weighted by Gasteiger charge is -1.99. The van der Waals surface area contributed by atoms with Crippen molar-refractivity contribution in [3.63, 3.8) is 0 Å². The van der Waals surface area contributed by atoms with Crippen molar-refractivity contribution in [3.8, 4) is 11.3 Å². The van der Waals surface area contributed by atoms with Gasteiger partial charge in [0.15, 0.2) is 4.96 Å². The van der Waals surface area contributed by atoms with E-state index in [4.69, 9.17) is 11.6 Å². The molecule has 0 amide bonds. The first-order chi connectivity index (χ1) is 7.34. The normalized spacial score (nSPS) is 11.0. The molecule has 0 aliphatic heterocycles. The fourth-order valence-electron chi connectivity index (χ4n) is 1.55. The van der Waals surface area contributed by atoms with Gasteiger partial charge in [-0.05, 0) is 17.7 Å². The predicted molar refractivity (Wildman–Crippen MR) is 63.5 cm³/mol. The lowest BCUT2D eigenvalue weighted by molar-refractivity contribution is 1.24. The van der Waals surface area contributed by atoms with E-state index in [9.17, 15) is 0 Å².